The number of aromatic nitrogens is 6. The number of carbonyl (C=O) groups excluding carboxylic acids is 1. The molecule has 3 heterocycles. The number of anilines is 1. The van der Waals surface area contributed by atoms with E-state index in [1.165, 1.54) is 40.9 Å². The van der Waals surface area contributed by atoms with Gasteiger partial charge in [-0.05, 0) is 72.7 Å². The van der Waals surface area contributed by atoms with Crippen molar-refractivity contribution in [3.63, 3.8) is 0 Å². The minimum Gasteiger partial charge on any atom is -0.344 e. The van der Waals surface area contributed by atoms with Crippen LogP contribution in [0.4, 0.5) is 45.3 Å². The van der Waals surface area contributed by atoms with Crippen molar-refractivity contribution in [2.24, 2.45) is 13.0 Å². The average Bonchev–Trinajstić information content (AvgIpc) is 4.07. The van der Waals surface area contributed by atoms with Gasteiger partial charge < -0.3 is 10.0 Å². The molecule has 0 radical (unpaired) electrons. The number of aryl methyl sites for hydroxylation is 1. The van der Waals surface area contributed by atoms with Gasteiger partial charge in [-0.1, -0.05) is 29.6 Å². The van der Waals surface area contributed by atoms with Crippen LogP contribution < -0.4 is 15.6 Å². The summed E-state index contributed by atoms with van der Waals surface area (Å²) in [6.45, 7) is -1.02. The van der Waals surface area contributed by atoms with Crippen LogP contribution in [-0.2, 0) is 36.1 Å². The van der Waals surface area contributed by atoms with Crippen molar-refractivity contribution in [2.75, 3.05) is 11.0 Å². The Morgan fingerprint density at radius 1 is 1.05 bits per heavy atom. The molecule has 2 saturated carbocycles. The van der Waals surface area contributed by atoms with E-state index in [1.807, 2.05) is 0 Å². The van der Waals surface area contributed by atoms with Gasteiger partial charge in [0, 0.05) is 37.3 Å². The largest absolute Gasteiger partial charge is 0.398 e. The molecule has 0 bridgehead atoms. The highest BCUT2D eigenvalue weighted by atomic mass is 35.5. The number of halogens is 10. The van der Waals surface area contributed by atoms with Gasteiger partial charge in [-0.25, -0.2) is 22.5 Å². The highest BCUT2D eigenvalue weighted by Gasteiger charge is 2.67. The predicted molar refractivity (Wildman–Crippen MR) is 204 cm³/mol. The SMILES string of the molecule is CSNc1nn(C)c2c(-n3c(C(Cc4cc(F)cc(F)c4)NC(=O)Cn4nc(C(F)F)c5c4C(F)(F)[C@@H]4CC54)nc4cc(C5(C(F)(F)F)CC5)ccc4c3=O)ccc(Cl)c12. The Morgan fingerprint density at radius 3 is 2.42 bits per heavy atom. The first kappa shape index (κ1) is 40.2. The van der Waals surface area contributed by atoms with Gasteiger partial charge in [0.2, 0.25) is 5.91 Å². The Labute approximate surface area is 342 Å². The number of hydrogen-bond donors (Lipinski definition) is 2. The molecule has 10 nitrogen and oxygen atoms in total. The summed E-state index contributed by atoms with van der Waals surface area (Å²) in [6, 6.07) is 7.31. The molecule has 6 aromatic rings. The molecule has 3 aliphatic carbocycles. The van der Waals surface area contributed by atoms with Gasteiger partial charge in [-0.15, -0.1) is 0 Å². The first-order valence-corrected chi connectivity index (χ1v) is 20.0. The fourth-order valence-electron chi connectivity index (χ4n) is 8.66. The van der Waals surface area contributed by atoms with E-state index in [0.717, 1.165) is 22.8 Å². The smallest absolute Gasteiger partial charge is 0.344 e. The molecule has 314 valence electrons. The second kappa shape index (κ2) is 13.9. The number of carbonyl (C=O) groups is 1. The third-order valence-electron chi connectivity index (χ3n) is 11.6. The quantitative estimate of drug-likeness (QED) is 0.0988. The molecule has 3 aliphatic rings. The van der Waals surface area contributed by atoms with Crippen molar-refractivity contribution in [3.05, 3.63) is 109 Å². The zero-order valence-electron chi connectivity index (χ0n) is 31.2. The third-order valence-corrected chi connectivity index (χ3v) is 12.3. The molecule has 1 amide bonds. The maximum absolute atomic E-state index is 15.5. The van der Waals surface area contributed by atoms with Crippen molar-refractivity contribution in [2.45, 2.75) is 68.1 Å². The average molecular weight is 881 g/mol. The lowest BCUT2D eigenvalue weighted by molar-refractivity contribution is -0.160. The van der Waals surface area contributed by atoms with Crippen LogP contribution in [0.15, 0.2) is 53.3 Å². The molecule has 3 aromatic carbocycles. The minimum atomic E-state index is -4.64. The van der Waals surface area contributed by atoms with E-state index in [4.69, 9.17) is 16.6 Å². The first-order valence-electron chi connectivity index (χ1n) is 18.4. The van der Waals surface area contributed by atoms with E-state index in [1.54, 1.807) is 13.3 Å². The number of rotatable bonds is 11. The zero-order chi connectivity index (χ0) is 42.8. The van der Waals surface area contributed by atoms with Crippen molar-refractivity contribution >= 4 is 57.1 Å². The standard InChI is InChI=1S/C39H30ClF9N8O2S/c1-55-31-26(6-5-23(40)29(31)34(53-55)54-60-2)57-35(51-24-12-17(3-4-20(24)36(57)59)37(7-8-37)39(47,48)49)25(11-16-9-18(41)13-19(42)10-16)50-27(58)15-56-32-28(30(52-56)33(43)44)21-14-22(21)38(32,45)46/h3-6,9-10,12-13,21-22,25,33H,7-8,11,14-15H2,1-2H3,(H,50,58)(H,53,54)/t21?,22-,25?/m1/s1. The maximum Gasteiger partial charge on any atom is 0.398 e. The van der Waals surface area contributed by atoms with Gasteiger partial charge in [0.15, 0.2) is 5.82 Å². The summed E-state index contributed by atoms with van der Waals surface area (Å²) in [6.07, 6.45) is -7.10. The Kier molecular flexibility index (Phi) is 9.31. The second-order valence-corrected chi connectivity index (χ2v) is 16.3. The van der Waals surface area contributed by atoms with Crippen molar-refractivity contribution < 1.29 is 44.3 Å². The monoisotopic (exact) mass is 880 g/mol. The molecule has 0 saturated heterocycles. The number of nitrogens with zero attached hydrogens (tertiary/aromatic N) is 6. The van der Waals surface area contributed by atoms with Crippen LogP contribution in [0.3, 0.4) is 0 Å². The van der Waals surface area contributed by atoms with E-state index in [-0.39, 0.29) is 68.9 Å². The zero-order valence-corrected chi connectivity index (χ0v) is 32.7. The van der Waals surface area contributed by atoms with Gasteiger partial charge in [-0.3, -0.25) is 23.5 Å². The van der Waals surface area contributed by atoms with Crippen LogP contribution in [0.1, 0.15) is 71.6 Å². The topological polar surface area (TPSA) is 112 Å². The molecule has 0 aliphatic heterocycles. The molecule has 9 rings (SSSR count). The fraction of sp³-hybridized carbons (Fsp3) is 0.359. The number of nitrogens with one attached hydrogen (secondary N) is 2. The number of benzene rings is 3. The fourth-order valence-corrected chi connectivity index (χ4v) is 9.24. The van der Waals surface area contributed by atoms with E-state index in [2.05, 4.69) is 20.2 Å². The number of amides is 1. The molecule has 2 N–H and O–H groups in total. The summed E-state index contributed by atoms with van der Waals surface area (Å²) >= 11 is 7.84. The normalized spacial score (nSPS) is 19.1. The summed E-state index contributed by atoms with van der Waals surface area (Å²) in [4.78, 5) is 33.6. The third kappa shape index (κ3) is 6.30. The van der Waals surface area contributed by atoms with Crippen LogP contribution in [0, 0.1) is 17.6 Å². The van der Waals surface area contributed by atoms with Crippen LogP contribution in [0.5, 0.6) is 0 Å². The van der Waals surface area contributed by atoms with Crippen molar-refractivity contribution in [3.8, 4) is 5.69 Å². The van der Waals surface area contributed by atoms with Crippen LogP contribution >= 0.6 is 23.5 Å². The van der Waals surface area contributed by atoms with Crippen molar-refractivity contribution in [1.29, 1.82) is 0 Å². The van der Waals surface area contributed by atoms with Gasteiger partial charge >= 0.3 is 6.18 Å². The van der Waals surface area contributed by atoms with Crippen LogP contribution in [0.25, 0.3) is 27.5 Å². The van der Waals surface area contributed by atoms with E-state index >= 15 is 8.78 Å². The summed E-state index contributed by atoms with van der Waals surface area (Å²) in [5.41, 5.74) is -5.17. The highest BCUT2D eigenvalue weighted by molar-refractivity contribution is 7.99. The molecule has 2 unspecified atom stereocenters. The Balaban J connectivity index is 1.25. The van der Waals surface area contributed by atoms with E-state index in [0.29, 0.717) is 22.0 Å². The molecule has 2 fully saturated rings. The maximum atomic E-state index is 15.5. The number of hydrogen-bond acceptors (Lipinski definition) is 7. The molecule has 60 heavy (non-hydrogen) atoms. The minimum absolute atomic E-state index is 0.0235. The Morgan fingerprint density at radius 2 is 1.77 bits per heavy atom. The molecule has 3 atom stereocenters. The van der Waals surface area contributed by atoms with Gasteiger partial charge in [0.1, 0.15) is 35.4 Å². The van der Waals surface area contributed by atoms with Crippen LogP contribution in [0.2, 0.25) is 5.02 Å². The van der Waals surface area contributed by atoms with Crippen LogP contribution in [-0.4, -0.2) is 47.5 Å². The molecule has 0 spiro atoms. The van der Waals surface area contributed by atoms with Gasteiger partial charge in [-0.2, -0.15) is 32.1 Å². The first-order chi connectivity index (χ1) is 28.3. The molecule has 21 heteroatoms. The van der Waals surface area contributed by atoms with Gasteiger partial charge in [0.05, 0.1) is 44.0 Å². The summed E-state index contributed by atoms with van der Waals surface area (Å²) in [5, 5.41) is 11.2. The second-order valence-electron chi connectivity index (χ2n) is 15.3. The number of alkyl halides is 7. The summed E-state index contributed by atoms with van der Waals surface area (Å²) < 4.78 is 137. The number of fused-ring (bicyclic) bond motifs is 5. The lowest BCUT2D eigenvalue weighted by Crippen LogP contribution is -2.38. The van der Waals surface area contributed by atoms with Gasteiger partial charge in [0.25, 0.3) is 17.9 Å². The predicted octanol–water partition coefficient (Wildman–Crippen LogP) is 8.93. The Hall–Kier alpha value is -5.24. The summed E-state index contributed by atoms with van der Waals surface area (Å²) in [5.74, 6) is -8.83. The van der Waals surface area contributed by atoms with E-state index in [9.17, 15) is 40.3 Å². The van der Waals surface area contributed by atoms with Crippen molar-refractivity contribution in [1.82, 2.24) is 34.4 Å². The highest BCUT2D eigenvalue weighted by Crippen LogP contribution is 2.68. The molecular formula is C39H30ClF9N8O2S. The van der Waals surface area contributed by atoms with E-state index < -0.39 is 89.3 Å². The molecular weight excluding hydrogens is 851 g/mol. The lowest BCUT2D eigenvalue weighted by atomic mass is 9.94. The Bertz CT molecular complexity index is 2820. The molecule has 3 aromatic heterocycles. The summed E-state index contributed by atoms with van der Waals surface area (Å²) in [7, 11) is 1.55. The lowest BCUT2D eigenvalue weighted by Gasteiger charge is -2.25.